The Morgan fingerprint density at radius 1 is 1.03 bits per heavy atom. The lowest BCUT2D eigenvalue weighted by molar-refractivity contribution is -0.115. The van der Waals surface area contributed by atoms with Crippen LogP contribution in [0.3, 0.4) is 0 Å². The van der Waals surface area contributed by atoms with Gasteiger partial charge in [-0.3, -0.25) is 4.79 Å². The first-order chi connectivity index (χ1) is 13.9. The van der Waals surface area contributed by atoms with E-state index in [9.17, 15) is 4.79 Å². The minimum atomic E-state index is -1.97. The summed E-state index contributed by atoms with van der Waals surface area (Å²) in [5, 5.41) is 0.285. The molecule has 5 heteroatoms. The predicted molar refractivity (Wildman–Crippen MR) is 140 cm³/mol. The van der Waals surface area contributed by atoms with Crippen molar-refractivity contribution < 1.29 is 13.6 Å². The third-order valence-corrected chi connectivity index (χ3v) is 16.7. The van der Waals surface area contributed by atoms with Crippen LogP contribution >= 0.6 is 0 Å². The Morgan fingerprint density at radius 2 is 1.58 bits per heavy atom. The molecule has 180 valence electrons. The molecule has 0 amide bonds. The lowest BCUT2D eigenvalue weighted by atomic mass is 10.00. The average molecular weight is 467 g/mol. The van der Waals surface area contributed by atoms with Crippen molar-refractivity contribution in [3.63, 3.8) is 0 Å². The Kier molecular flexibility index (Phi) is 9.78. The number of carbonyl (C=O) groups excluding carboxylic acids is 1. The molecule has 3 atom stereocenters. The Hall–Kier alpha value is -0.496. The fourth-order valence-electron chi connectivity index (χ4n) is 3.35. The van der Waals surface area contributed by atoms with E-state index in [1.807, 2.05) is 0 Å². The van der Waals surface area contributed by atoms with Gasteiger partial charge in [-0.15, -0.1) is 0 Å². The number of ketones is 1. The fraction of sp³-hybridized carbons (Fsp3) is 0.808. The van der Waals surface area contributed by atoms with Crippen molar-refractivity contribution in [2.75, 3.05) is 0 Å². The van der Waals surface area contributed by atoms with Gasteiger partial charge in [0.1, 0.15) is 0 Å². The molecule has 31 heavy (non-hydrogen) atoms. The van der Waals surface area contributed by atoms with Crippen LogP contribution in [0.15, 0.2) is 24.3 Å². The van der Waals surface area contributed by atoms with Crippen LogP contribution in [0.4, 0.5) is 0 Å². The summed E-state index contributed by atoms with van der Waals surface area (Å²) in [7, 11) is -3.85. The second kappa shape index (κ2) is 10.6. The SMILES string of the molecule is C=C1C(=O)CC(O[Si](C)(C)C(C)(C)C)C1/C=C/[C@@H](CCCCC)O[Si](C)(C)C(C)(C)C. The van der Waals surface area contributed by atoms with E-state index in [0.29, 0.717) is 12.0 Å². The Morgan fingerprint density at radius 3 is 2.06 bits per heavy atom. The number of rotatable bonds is 10. The van der Waals surface area contributed by atoms with Crippen LogP contribution in [0.25, 0.3) is 0 Å². The van der Waals surface area contributed by atoms with Gasteiger partial charge in [0, 0.05) is 12.3 Å². The van der Waals surface area contributed by atoms with Crippen molar-refractivity contribution in [3.05, 3.63) is 24.3 Å². The molecule has 0 spiro atoms. The van der Waals surface area contributed by atoms with Gasteiger partial charge < -0.3 is 8.85 Å². The largest absolute Gasteiger partial charge is 0.413 e. The molecule has 1 rings (SSSR count). The molecule has 1 saturated carbocycles. The van der Waals surface area contributed by atoms with Crippen LogP contribution < -0.4 is 0 Å². The summed E-state index contributed by atoms with van der Waals surface area (Å²) in [4.78, 5) is 12.5. The smallest absolute Gasteiger partial charge is 0.192 e. The summed E-state index contributed by atoms with van der Waals surface area (Å²) >= 11 is 0. The Labute approximate surface area is 195 Å². The Balaban J connectivity index is 3.08. The summed E-state index contributed by atoms with van der Waals surface area (Å²) in [6.07, 6.45) is 9.44. The topological polar surface area (TPSA) is 35.5 Å². The van der Waals surface area contributed by atoms with E-state index in [4.69, 9.17) is 8.85 Å². The molecule has 0 saturated heterocycles. The highest BCUT2D eigenvalue weighted by atomic mass is 28.4. The summed E-state index contributed by atoms with van der Waals surface area (Å²) in [6, 6.07) is 0. The van der Waals surface area contributed by atoms with Crippen LogP contribution in [0.2, 0.25) is 36.3 Å². The summed E-state index contributed by atoms with van der Waals surface area (Å²) in [5.41, 5.74) is 0.694. The van der Waals surface area contributed by atoms with Crippen molar-refractivity contribution in [2.45, 2.75) is 129 Å². The molecule has 0 radical (unpaired) electrons. The van der Waals surface area contributed by atoms with Crippen molar-refractivity contribution in [3.8, 4) is 0 Å². The minimum absolute atomic E-state index is 0.0432. The maximum absolute atomic E-state index is 12.5. The maximum Gasteiger partial charge on any atom is 0.192 e. The third-order valence-electron chi connectivity index (χ3n) is 7.68. The van der Waals surface area contributed by atoms with Crippen LogP contribution in [0.1, 0.15) is 80.6 Å². The molecular weight excluding hydrogens is 416 g/mol. The summed E-state index contributed by atoms with van der Waals surface area (Å²) in [6.45, 7) is 29.1. The van der Waals surface area contributed by atoms with Crippen molar-refractivity contribution in [1.82, 2.24) is 0 Å². The lowest BCUT2D eigenvalue weighted by Gasteiger charge is -2.40. The highest BCUT2D eigenvalue weighted by Gasteiger charge is 2.44. The van der Waals surface area contributed by atoms with E-state index in [1.165, 1.54) is 12.8 Å². The fourth-order valence-corrected chi connectivity index (χ4v) is 6.00. The van der Waals surface area contributed by atoms with E-state index < -0.39 is 16.6 Å². The predicted octanol–water partition coefficient (Wildman–Crippen LogP) is 8.05. The molecule has 0 aromatic rings. The van der Waals surface area contributed by atoms with E-state index >= 15 is 0 Å². The van der Waals surface area contributed by atoms with Crippen molar-refractivity contribution >= 4 is 22.4 Å². The zero-order valence-corrected chi connectivity index (χ0v) is 24.4. The molecule has 1 fully saturated rings. The standard InChI is InChI=1S/C26H50O3Si2/c1-13-14-15-16-21(28-30(9,10)25(3,4)5)17-18-22-20(2)23(27)19-24(22)29-31(11,12)26(6,7)8/h17-18,21-22,24H,2,13-16,19H2,1,3-12H3/b18-17+/t21-,22?,24?/m1/s1. The van der Waals surface area contributed by atoms with E-state index in [-0.39, 0.29) is 34.0 Å². The summed E-state index contributed by atoms with van der Waals surface area (Å²) in [5.74, 6) is 0.101. The van der Waals surface area contributed by atoms with Crippen LogP contribution in [-0.2, 0) is 13.6 Å². The molecule has 0 aromatic heterocycles. The first-order valence-corrected chi connectivity index (χ1v) is 18.0. The van der Waals surface area contributed by atoms with Crippen LogP contribution in [0, 0.1) is 5.92 Å². The third kappa shape index (κ3) is 7.80. The summed E-state index contributed by atoms with van der Waals surface area (Å²) < 4.78 is 13.4. The van der Waals surface area contributed by atoms with Crippen molar-refractivity contribution in [2.24, 2.45) is 5.92 Å². The van der Waals surface area contributed by atoms with Crippen molar-refractivity contribution in [1.29, 1.82) is 0 Å². The van der Waals surface area contributed by atoms with E-state index in [1.54, 1.807) is 0 Å². The van der Waals surface area contributed by atoms with Gasteiger partial charge in [-0.25, -0.2) is 0 Å². The maximum atomic E-state index is 12.5. The van der Waals surface area contributed by atoms with Gasteiger partial charge in [-0.1, -0.05) is 86.5 Å². The molecule has 2 unspecified atom stereocenters. The second-order valence-corrected chi connectivity index (χ2v) is 21.9. The molecule has 0 aliphatic heterocycles. The van der Waals surface area contributed by atoms with Crippen LogP contribution in [0.5, 0.6) is 0 Å². The molecule has 0 bridgehead atoms. The molecule has 0 aromatic carbocycles. The van der Waals surface area contributed by atoms with Gasteiger partial charge in [-0.05, 0) is 48.3 Å². The van der Waals surface area contributed by atoms with Gasteiger partial charge in [0.2, 0.25) is 0 Å². The Bertz CT molecular complexity index is 651. The average Bonchev–Trinajstić information content (AvgIpc) is 2.83. The van der Waals surface area contributed by atoms with Gasteiger partial charge in [0.05, 0.1) is 12.2 Å². The lowest BCUT2D eigenvalue weighted by Crippen LogP contribution is -2.45. The number of Topliss-reactive ketones (excluding diaryl/α,β-unsaturated/α-hetero) is 1. The van der Waals surface area contributed by atoms with Gasteiger partial charge in [0.25, 0.3) is 0 Å². The second-order valence-electron chi connectivity index (χ2n) is 12.4. The molecular formula is C26H50O3Si2. The molecule has 1 aliphatic rings. The monoisotopic (exact) mass is 466 g/mol. The minimum Gasteiger partial charge on any atom is -0.413 e. The molecule has 0 N–H and O–H groups in total. The van der Waals surface area contributed by atoms with Gasteiger partial charge >= 0.3 is 0 Å². The first-order valence-electron chi connectivity index (χ1n) is 12.2. The normalized spacial score (nSPS) is 22.5. The molecule has 1 aliphatic carbocycles. The zero-order chi connectivity index (χ0) is 24.3. The van der Waals surface area contributed by atoms with E-state index in [0.717, 1.165) is 12.8 Å². The first kappa shape index (κ1) is 28.5. The highest BCUT2D eigenvalue weighted by Crippen LogP contribution is 2.42. The number of carbonyl (C=O) groups is 1. The number of hydrogen-bond acceptors (Lipinski definition) is 3. The molecule has 0 heterocycles. The number of unbranched alkanes of at least 4 members (excludes halogenated alkanes) is 2. The molecule has 3 nitrogen and oxygen atoms in total. The van der Waals surface area contributed by atoms with E-state index in [2.05, 4.69) is 93.4 Å². The highest BCUT2D eigenvalue weighted by molar-refractivity contribution is 6.74. The zero-order valence-electron chi connectivity index (χ0n) is 22.4. The van der Waals surface area contributed by atoms with Gasteiger partial charge in [-0.2, -0.15) is 0 Å². The quantitative estimate of drug-likeness (QED) is 0.141. The number of hydrogen-bond donors (Lipinski definition) is 0. The van der Waals surface area contributed by atoms with Crippen LogP contribution in [-0.4, -0.2) is 34.6 Å². The van der Waals surface area contributed by atoms with Gasteiger partial charge in [0.15, 0.2) is 22.4 Å².